The minimum atomic E-state index is 0.375. The van der Waals surface area contributed by atoms with Crippen LogP contribution in [-0.4, -0.2) is 5.11 Å². The molecule has 26 heavy (non-hydrogen) atoms. The van der Waals surface area contributed by atoms with Gasteiger partial charge in [0, 0.05) is 10.9 Å². The highest BCUT2D eigenvalue weighted by atomic mass is 16.3. The number of hydrogen-bond acceptors (Lipinski definition) is 2. The van der Waals surface area contributed by atoms with Crippen LogP contribution in [0.2, 0.25) is 0 Å². The van der Waals surface area contributed by atoms with Crippen molar-refractivity contribution in [2.45, 2.75) is 27.7 Å². The molecule has 0 radical (unpaired) electrons. The highest BCUT2D eigenvalue weighted by Gasteiger charge is 2.09. The van der Waals surface area contributed by atoms with Crippen molar-refractivity contribution >= 4 is 11.0 Å². The molecule has 2 heteroatoms. The SMILES string of the molecule is CC.Cc1cc(-c2ccc(-c3coc4ccccc34)cc2)cc(C)c1O. The number of fused-ring (bicyclic) bond motifs is 1. The Morgan fingerprint density at radius 1 is 0.731 bits per heavy atom. The average molecular weight is 344 g/mol. The van der Waals surface area contributed by atoms with Gasteiger partial charge in [0.05, 0.1) is 6.26 Å². The van der Waals surface area contributed by atoms with E-state index in [1.54, 1.807) is 0 Å². The van der Waals surface area contributed by atoms with Crippen LogP contribution in [0, 0.1) is 13.8 Å². The van der Waals surface area contributed by atoms with E-state index in [-0.39, 0.29) is 0 Å². The van der Waals surface area contributed by atoms with Crippen molar-refractivity contribution in [1.82, 2.24) is 0 Å². The molecule has 0 spiro atoms. The molecule has 1 N–H and O–H groups in total. The molecule has 0 aliphatic rings. The van der Waals surface area contributed by atoms with Gasteiger partial charge in [0.2, 0.25) is 0 Å². The molecule has 132 valence electrons. The fourth-order valence-electron chi connectivity index (χ4n) is 3.17. The van der Waals surface area contributed by atoms with Gasteiger partial charge in [0.25, 0.3) is 0 Å². The number of phenols is 1. The standard InChI is InChI=1S/C22H18O2.C2H6/c1-14-11-18(12-15(2)22(14)23)16-7-9-17(10-8-16)20-13-24-21-6-4-3-5-19(20)21;1-2/h3-13,23H,1-2H3;1-2H3. The third-order valence-corrected chi connectivity index (χ3v) is 4.50. The zero-order valence-electron chi connectivity index (χ0n) is 15.7. The van der Waals surface area contributed by atoms with Crippen LogP contribution in [0.15, 0.2) is 71.3 Å². The van der Waals surface area contributed by atoms with Gasteiger partial charge in [-0.25, -0.2) is 0 Å². The first-order valence-electron chi connectivity index (χ1n) is 9.01. The van der Waals surface area contributed by atoms with E-state index < -0.39 is 0 Å². The van der Waals surface area contributed by atoms with Gasteiger partial charge >= 0.3 is 0 Å². The number of aryl methyl sites for hydroxylation is 2. The van der Waals surface area contributed by atoms with Gasteiger partial charge in [-0.05, 0) is 59.9 Å². The van der Waals surface area contributed by atoms with Crippen molar-refractivity contribution in [1.29, 1.82) is 0 Å². The van der Waals surface area contributed by atoms with E-state index in [2.05, 4.69) is 30.3 Å². The molecule has 2 nitrogen and oxygen atoms in total. The second-order valence-electron chi connectivity index (χ2n) is 6.18. The zero-order chi connectivity index (χ0) is 18.7. The van der Waals surface area contributed by atoms with Crippen molar-refractivity contribution < 1.29 is 9.52 Å². The lowest BCUT2D eigenvalue weighted by Gasteiger charge is -2.09. The highest BCUT2D eigenvalue weighted by Crippen LogP contribution is 2.33. The predicted molar refractivity (Wildman–Crippen MR) is 110 cm³/mol. The summed E-state index contributed by atoms with van der Waals surface area (Å²) in [5.74, 6) is 0.375. The Balaban J connectivity index is 0.000000948. The van der Waals surface area contributed by atoms with Gasteiger partial charge < -0.3 is 9.52 Å². The fourth-order valence-corrected chi connectivity index (χ4v) is 3.17. The van der Waals surface area contributed by atoms with Gasteiger partial charge in [0.15, 0.2) is 0 Å². The Morgan fingerprint density at radius 2 is 1.31 bits per heavy atom. The Morgan fingerprint density at radius 3 is 1.96 bits per heavy atom. The van der Waals surface area contributed by atoms with E-state index >= 15 is 0 Å². The Hall–Kier alpha value is -3.00. The Kier molecular flexibility index (Phi) is 5.13. The minimum absolute atomic E-state index is 0.375. The van der Waals surface area contributed by atoms with Crippen LogP contribution >= 0.6 is 0 Å². The summed E-state index contributed by atoms with van der Waals surface area (Å²) < 4.78 is 5.64. The summed E-state index contributed by atoms with van der Waals surface area (Å²) in [6.07, 6.45) is 1.81. The van der Waals surface area contributed by atoms with Gasteiger partial charge in [-0.3, -0.25) is 0 Å². The molecule has 4 rings (SSSR count). The molecule has 3 aromatic carbocycles. The molecule has 0 saturated carbocycles. The lowest BCUT2D eigenvalue weighted by Crippen LogP contribution is -1.85. The van der Waals surface area contributed by atoms with Crippen molar-refractivity contribution in [2.75, 3.05) is 0 Å². The van der Waals surface area contributed by atoms with E-state index in [4.69, 9.17) is 4.42 Å². The average Bonchev–Trinajstić information content (AvgIpc) is 3.11. The molecule has 0 saturated heterocycles. The van der Waals surface area contributed by atoms with E-state index in [1.165, 1.54) is 0 Å². The Labute approximate surface area is 154 Å². The largest absolute Gasteiger partial charge is 0.507 e. The second kappa shape index (κ2) is 7.49. The predicted octanol–water partition coefficient (Wildman–Crippen LogP) is 7.12. The summed E-state index contributed by atoms with van der Waals surface area (Å²) >= 11 is 0. The van der Waals surface area contributed by atoms with Crippen LogP contribution in [0.3, 0.4) is 0 Å². The summed E-state index contributed by atoms with van der Waals surface area (Å²) in [4.78, 5) is 0. The van der Waals surface area contributed by atoms with Crippen LogP contribution in [0.1, 0.15) is 25.0 Å². The number of furan rings is 1. The fraction of sp³-hybridized carbons (Fsp3) is 0.167. The molecule has 0 fully saturated rings. The molecule has 0 aliphatic carbocycles. The smallest absolute Gasteiger partial charge is 0.134 e. The van der Waals surface area contributed by atoms with Crippen molar-refractivity contribution in [3.05, 3.63) is 78.1 Å². The quantitative estimate of drug-likeness (QED) is 0.420. The first kappa shape index (κ1) is 17.8. The molecule has 0 atom stereocenters. The summed E-state index contributed by atoms with van der Waals surface area (Å²) in [6.45, 7) is 7.86. The molecule has 0 amide bonds. The monoisotopic (exact) mass is 344 g/mol. The molecule has 0 aliphatic heterocycles. The first-order valence-corrected chi connectivity index (χ1v) is 9.01. The van der Waals surface area contributed by atoms with Crippen LogP contribution in [0.5, 0.6) is 5.75 Å². The molecule has 1 heterocycles. The number of rotatable bonds is 2. The summed E-state index contributed by atoms with van der Waals surface area (Å²) in [5, 5.41) is 11.1. The van der Waals surface area contributed by atoms with E-state index in [9.17, 15) is 5.11 Å². The van der Waals surface area contributed by atoms with E-state index in [0.717, 1.165) is 44.3 Å². The molecule has 0 unspecified atom stereocenters. The molecule has 1 aromatic heterocycles. The topological polar surface area (TPSA) is 33.4 Å². The molecular formula is C24H24O2. The van der Waals surface area contributed by atoms with E-state index in [0.29, 0.717) is 5.75 Å². The van der Waals surface area contributed by atoms with Gasteiger partial charge in [-0.2, -0.15) is 0 Å². The number of phenolic OH excluding ortho intramolecular Hbond substituents is 1. The van der Waals surface area contributed by atoms with Crippen LogP contribution in [0.4, 0.5) is 0 Å². The first-order chi connectivity index (χ1) is 12.6. The van der Waals surface area contributed by atoms with Gasteiger partial charge in [-0.1, -0.05) is 56.3 Å². The number of benzene rings is 3. The highest BCUT2D eigenvalue weighted by molar-refractivity contribution is 5.94. The lowest BCUT2D eigenvalue weighted by molar-refractivity contribution is 0.467. The lowest BCUT2D eigenvalue weighted by atomic mass is 9.97. The molecular weight excluding hydrogens is 320 g/mol. The van der Waals surface area contributed by atoms with Crippen LogP contribution in [-0.2, 0) is 0 Å². The summed E-state index contributed by atoms with van der Waals surface area (Å²) in [7, 11) is 0. The zero-order valence-corrected chi connectivity index (χ0v) is 15.7. The second-order valence-corrected chi connectivity index (χ2v) is 6.18. The number of para-hydroxylation sites is 1. The van der Waals surface area contributed by atoms with Gasteiger partial charge in [0.1, 0.15) is 11.3 Å². The maximum absolute atomic E-state index is 9.94. The third-order valence-electron chi connectivity index (χ3n) is 4.50. The summed E-state index contributed by atoms with van der Waals surface area (Å²) in [6, 6.07) is 20.6. The minimum Gasteiger partial charge on any atom is -0.507 e. The normalized spacial score (nSPS) is 10.5. The Bertz CT molecular complexity index is 1000. The van der Waals surface area contributed by atoms with Crippen LogP contribution in [0.25, 0.3) is 33.2 Å². The van der Waals surface area contributed by atoms with Crippen molar-refractivity contribution in [2.24, 2.45) is 0 Å². The number of hydrogen-bond donors (Lipinski definition) is 1. The maximum atomic E-state index is 9.94. The molecule has 4 aromatic rings. The van der Waals surface area contributed by atoms with Crippen molar-refractivity contribution in [3.63, 3.8) is 0 Å². The third kappa shape index (κ3) is 3.23. The molecule has 0 bridgehead atoms. The van der Waals surface area contributed by atoms with Crippen LogP contribution < -0.4 is 0 Å². The van der Waals surface area contributed by atoms with E-state index in [1.807, 2.05) is 64.3 Å². The van der Waals surface area contributed by atoms with Gasteiger partial charge in [-0.15, -0.1) is 0 Å². The number of aromatic hydroxyl groups is 1. The summed E-state index contributed by atoms with van der Waals surface area (Å²) in [5.41, 5.74) is 7.20. The van der Waals surface area contributed by atoms with Crippen molar-refractivity contribution in [3.8, 4) is 28.0 Å². The maximum Gasteiger partial charge on any atom is 0.134 e.